The molecule has 33 heavy (non-hydrogen) atoms. The van der Waals surface area contributed by atoms with E-state index in [0.717, 1.165) is 56.4 Å². The molecule has 0 aliphatic carbocycles. The lowest BCUT2D eigenvalue weighted by Gasteiger charge is -2.31. The van der Waals surface area contributed by atoms with Crippen LogP contribution in [0.1, 0.15) is 35.1 Å². The molecule has 3 rings (SSSR count). The number of likely N-dealkylation sites (N-methyl/N-ethyl adjacent to an activating group) is 1. The molecule has 0 saturated carbocycles. The highest BCUT2D eigenvalue weighted by Gasteiger charge is 2.17. The maximum atomic E-state index is 6.02. The van der Waals surface area contributed by atoms with Gasteiger partial charge in [0.05, 0.1) is 0 Å². The zero-order valence-electron chi connectivity index (χ0n) is 20.4. The molecule has 1 aliphatic rings. The number of halogens is 1. The number of hydrogen-bond acceptors (Lipinski definition) is 4. The molecule has 1 fully saturated rings. The fourth-order valence-corrected chi connectivity index (χ4v) is 3.99. The maximum absolute atomic E-state index is 6.02. The Morgan fingerprint density at radius 3 is 2.58 bits per heavy atom. The summed E-state index contributed by atoms with van der Waals surface area (Å²) in [5, 5.41) is 6.80. The second kappa shape index (κ2) is 14.4. The lowest BCUT2D eigenvalue weighted by molar-refractivity contribution is 0.0392. The Kier molecular flexibility index (Phi) is 12.0. The van der Waals surface area contributed by atoms with Crippen LogP contribution in [0.25, 0.3) is 0 Å². The average Bonchev–Trinajstić information content (AvgIpc) is 2.81. The monoisotopic (exact) mass is 566 g/mol. The van der Waals surface area contributed by atoms with Gasteiger partial charge in [0.15, 0.2) is 5.96 Å². The summed E-state index contributed by atoms with van der Waals surface area (Å²) in [7, 11) is 3.97. The molecule has 1 heterocycles. The SMILES string of the molecule is CN=C(NCc1cccc(OCCN(C)C2CCOCC2)c1)NCc1ccc(C)cc1C.I. The van der Waals surface area contributed by atoms with E-state index >= 15 is 0 Å². The van der Waals surface area contributed by atoms with Gasteiger partial charge in [0.25, 0.3) is 0 Å². The van der Waals surface area contributed by atoms with Crippen molar-refractivity contribution in [3.05, 3.63) is 64.7 Å². The Balaban J connectivity index is 0.00000385. The van der Waals surface area contributed by atoms with Gasteiger partial charge in [-0.25, -0.2) is 0 Å². The van der Waals surface area contributed by atoms with Crippen molar-refractivity contribution in [2.75, 3.05) is 40.5 Å². The molecule has 2 aromatic carbocycles. The number of aryl methyl sites for hydroxylation is 2. The summed E-state index contributed by atoms with van der Waals surface area (Å²) in [5.41, 5.74) is 5.01. The van der Waals surface area contributed by atoms with Crippen LogP contribution in [-0.4, -0.2) is 57.4 Å². The van der Waals surface area contributed by atoms with Crippen LogP contribution in [-0.2, 0) is 17.8 Å². The molecule has 2 N–H and O–H groups in total. The van der Waals surface area contributed by atoms with E-state index in [1.807, 2.05) is 12.1 Å². The van der Waals surface area contributed by atoms with Crippen molar-refractivity contribution in [3.63, 3.8) is 0 Å². The van der Waals surface area contributed by atoms with Crippen LogP contribution in [0.3, 0.4) is 0 Å². The summed E-state index contributed by atoms with van der Waals surface area (Å²) < 4.78 is 11.5. The third kappa shape index (κ3) is 9.14. The standard InChI is InChI=1S/C26H38N4O2.HI/c1-20-8-9-23(21(2)16-20)19-29-26(27-3)28-18-22-6-5-7-25(17-22)32-15-12-30(4)24-10-13-31-14-11-24;/h5-9,16-17,24H,10-15,18-19H2,1-4H3,(H2,27,28,29);1H. The summed E-state index contributed by atoms with van der Waals surface area (Å²) in [4.78, 5) is 6.74. The summed E-state index contributed by atoms with van der Waals surface area (Å²) in [6.45, 7) is 9.04. The van der Waals surface area contributed by atoms with E-state index in [1.54, 1.807) is 7.05 Å². The predicted octanol–water partition coefficient (Wildman–Crippen LogP) is 4.28. The van der Waals surface area contributed by atoms with Crippen LogP contribution in [0.2, 0.25) is 0 Å². The van der Waals surface area contributed by atoms with Crippen molar-refractivity contribution in [1.82, 2.24) is 15.5 Å². The van der Waals surface area contributed by atoms with E-state index < -0.39 is 0 Å². The maximum Gasteiger partial charge on any atom is 0.191 e. The van der Waals surface area contributed by atoms with E-state index in [9.17, 15) is 0 Å². The van der Waals surface area contributed by atoms with Crippen molar-refractivity contribution >= 4 is 29.9 Å². The van der Waals surface area contributed by atoms with Gasteiger partial charge in [0, 0.05) is 45.9 Å². The number of guanidine groups is 1. The van der Waals surface area contributed by atoms with Crippen LogP contribution in [0.5, 0.6) is 5.75 Å². The minimum absolute atomic E-state index is 0. The normalized spacial score (nSPS) is 14.6. The number of nitrogens with zero attached hydrogens (tertiary/aromatic N) is 2. The number of hydrogen-bond donors (Lipinski definition) is 2. The van der Waals surface area contributed by atoms with Gasteiger partial charge >= 0.3 is 0 Å². The van der Waals surface area contributed by atoms with E-state index in [4.69, 9.17) is 9.47 Å². The Labute approximate surface area is 216 Å². The van der Waals surface area contributed by atoms with Gasteiger partial charge in [-0.1, -0.05) is 35.9 Å². The fraction of sp³-hybridized carbons (Fsp3) is 0.500. The molecule has 0 aromatic heterocycles. The topological polar surface area (TPSA) is 58.1 Å². The van der Waals surface area contributed by atoms with Crippen LogP contribution in [0, 0.1) is 13.8 Å². The number of benzene rings is 2. The Hall–Kier alpha value is -1.84. The van der Waals surface area contributed by atoms with E-state index in [1.165, 1.54) is 16.7 Å². The second-order valence-electron chi connectivity index (χ2n) is 8.53. The minimum atomic E-state index is 0. The van der Waals surface area contributed by atoms with Crippen molar-refractivity contribution in [2.45, 2.75) is 45.8 Å². The zero-order valence-corrected chi connectivity index (χ0v) is 22.7. The molecule has 182 valence electrons. The van der Waals surface area contributed by atoms with Crippen molar-refractivity contribution in [2.24, 2.45) is 4.99 Å². The molecule has 0 amide bonds. The quantitative estimate of drug-likeness (QED) is 0.270. The largest absolute Gasteiger partial charge is 0.492 e. The molecule has 0 unspecified atom stereocenters. The summed E-state index contributed by atoms with van der Waals surface area (Å²) >= 11 is 0. The van der Waals surface area contributed by atoms with Crippen LogP contribution in [0.15, 0.2) is 47.5 Å². The smallest absolute Gasteiger partial charge is 0.191 e. The molecule has 1 aliphatic heterocycles. The van der Waals surface area contributed by atoms with Crippen molar-refractivity contribution < 1.29 is 9.47 Å². The van der Waals surface area contributed by atoms with Crippen LogP contribution >= 0.6 is 24.0 Å². The van der Waals surface area contributed by atoms with Gasteiger partial charge in [0.2, 0.25) is 0 Å². The zero-order chi connectivity index (χ0) is 22.8. The summed E-state index contributed by atoms with van der Waals surface area (Å²) in [5.74, 6) is 1.69. The third-order valence-corrected chi connectivity index (χ3v) is 6.05. The van der Waals surface area contributed by atoms with Gasteiger partial charge in [-0.05, 0) is 62.6 Å². The number of nitrogens with one attached hydrogen (secondary N) is 2. The first-order chi connectivity index (χ1) is 15.5. The predicted molar refractivity (Wildman–Crippen MR) is 147 cm³/mol. The second-order valence-corrected chi connectivity index (χ2v) is 8.53. The van der Waals surface area contributed by atoms with Crippen LogP contribution in [0.4, 0.5) is 0 Å². The Bertz CT molecular complexity index is 884. The van der Waals surface area contributed by atoms with E-state index in [-0.39, 0.29) is 24.0 Å². The van der Waals surface area contributed by atoms with Gasteiger partial charge in [-0.3, -0.25) is 9.89 Å². The van der Waals surface area contributed by atoms with Gasteiger partial charge < -0.3 is 20.1 Å². The van der Waals surface area contributed by atoms with Crippen LogP contribution < -0.4 is 15.4 Å². The molecule has 1 saturated heterocycles. The molecular weight excluding hydrogens is 527 g/mol. The number of aliphatic imine (C=N–C) groups is 1. The lowest BCUT2D eigenvalue weighted by atomic mass is 10.1. The highest BCUT2D eigenvalue weighted by Crippen LogP contribution is 2.15. The van der Waals surface area contributed by atoms with E-state index in [2.05, 4.69) is 71.8 Å². The molecule has 2 aromatic rings. The molecule has 0 atom stereocenters. The molecule has 0 bridgehead atoms. The van der Waals surface area contributed by atoms with Crippen molar-refractivity contribution in [3.8, 4) is 5.75 Å². The lowest BCUT2D eigenvalue weighted by Crippen LogP contribution is -2.38. The first kappa shape index (κ1) is 27.4. The van der Waals surface area contributed by atoms with Crippen molar-refractivity contribution in [1.29, 1.82) is 0 Å². The first-order valence-corrected chi connectivity index (χ1v) is 11.6. The summed E-state index contributed by atoms with van der Waals surface area (Å²) in [6, 6.07) is 15.4. The first-order valence-electron chi connectivity index (χ1n) is 11.6. The summed E-state index contributed by atoms with van der Waals surface area (Å²) in [6.07, 6.45) is 2.22. The highest BCUT2D eigenvalue weighted by molar-refractivity contribution is 14.0. The fourth-order valence-electron chi connectivity index (χ4n) is 3.99. The minimum Gasteiger partial charge on any atom is -0.492 e. The van der Waals surface area contributed by atoms with E-state index in [0.29, 0.717) is 19.2 Å². The third-order valence-electron chi connectivity index (χ3n) is 6.05. The van der Waals surface area contributed by atoms with Gasteiger partial charge in [-0.15, -0.1) is 24.0 Å². The highest BCUT2D eigenvalue weighted by atomic mass is 127. The van der Waals surface area contributed by atoms with Gasteiger partial charge in [-0.2, -0.15) is 0 Å². The molecule has 6 nitrogen and oxygen atoms in total. The number of ether oxygens (including phenoxy) is 2. The molecule has 7 heteroatoms. The molecular formula is C26H39IN4O2. The average molecular weight is 567 g/mol. The Morgan fingerprint density at radius 2 is 1.85 bits per heavy atom. The number of rotatable bonds is 9. The molecule has 0 spiro atoms. The van der Waals surface area contributed by atoms with Gasteiger partial charge in [0.1, 0.15) is 12.4 Å². The Morgan fingerprint density at radius 1 is 1.09 bits per heavy atom. The molecule has 0 radical (unpaired) electrons.